The van der Waals surface area contributed by atoms with Crippen LogP contribution in [0.3, 0.4) is 0 Å². The zero-order valence-corrected chi connectivity index (χ0v) is 27.7. The molecule has 1 radical (unpaired) electrons. The van der Waals surface area contributed by atoms with Crippen LogP contribution in [0.15, 0.2) is 18.2 Å². The molecule has 0 bridgehead atoms. The van der Waals surface area contributed by atoms with Crippen LogP contribution in [0.25, 0.3) is 16.0 Å². The van der Waals surface area contributed by atoms with Gasteiger partial charge >= 0.3 is 56.0 Å². The zero-order chi connectivity index (χ0) is 24.7. The second-order valence-electron chi connectivity index (χ2n) is 8.89. The fourth-order valence-electron chi connectivity index (χ4n) is 2.13. The number of halogens is 1. The van der Waals surface area contributed by atoms with E-state index in [1.165, 1.54) is 0 Å². The molecule has 0 unspecified atom stereocenters. The van der Waals surface area contributed by atoms with Gasteiger partial charge in [-0.25, -0.2) is 12.2 Å². The molecule has 0 atom stereocenters. The van der Waals surface area contributed by atoms with Crippen molar-refractivity contribution in [1.82, 2.24) is 0 Å². The second-order valence-corrected chi connectivity index (χ2v) is 12.6. The van der Waals surface area contributed by atoms with Crippen molar-refractivity contribution in [2.75, 3.05) is 0 Å². The third kappa shape index (κ3) is 80.7. The SMILES string of the molecule is CC(C)[N-]C(C)C.CC(C)[N-]C(C)C.CC(C)[N-]C(C)C.[C-]1=CC=CC1.[CH3][Ge]([CH3])[F].[Zr+4]. The molecular weight excluding hydrogens is 525 g/mol. The van der Waals surface area contributed by atoms with E-state index in [0.717, 1.165) is 6.42 Å². The van der Waals surface area contributed by atoms with Crippen LogP contribution in [-0.4, -0.2) is 51.1 Å². The number of hydrogen-bond donors (Lipinski definition) is 0. The molecule has 0 aromatic heterocycles. The smallest absolute Gasteiger partial charge is 4.00 e. The van der Waals surface area contributed by atoms with Gasteiger partial charge in [0, 0.05) is 0 Å². The van der Waals surface area contributed by atoms with E-state index in [1.54, 1.807) is 11.5 Å². The first-order chi connectivity index (χ1) is 13.6. The largest absolute Gasteiger partial charge is 4.00 e. The minimum absolute atomic E-state index is 0. The normalized spacial score (nSPS) is 11.5. The average Bonchev–Trinajstić information content (AvgIpc) is 3.02. The van der Waals surface area contributed by atoms with Gasteiger partial charge in [-0.05, 0) is 0 Å². The molecular formula is C25H53FGeN3Zr. The molecule has 31 heavy (non-hydrogen) atoms. The summed E-state index contributed by atoms with van der Waals surface area (Å²) in [5.74, 6) is 3.33. The maximum absolute atomic E-state index is 11.2. The second kappa shape index (κ2) is 30.7. The first kappa shape index (κ1) is 41.9. The maximum Gasteiger partial charge on any atom is 4.00 e. The van der Waals surface area contributed by atoms with Crippen molar-refractivity contribution in [2.45, 2.75) is 137 Å². The Morgan fingerprint density at radius 2 is 0.871 bits per heavy atom. The molecule has 0 heterocycles. The molecule has 0 amide bonds. The monoisotopic (exact) mass is 578 g/mol. The summed E-state index contributed by atoms with van der Waals surface area (Å²) in [5.41, 5.74) is 0. The van der Waals surface area contributed by atoms with E-state index < -0.39 is 14.8 Å². The van der Waals surface area contributed by atoms with E-state index in [9.17, 15) is 3.50 Å². The molecule has 0 aromatic carbocycles. The van der Waals surface area contributed by atoms with E-state index in [-0.39, 0.29) is 26.2 Å². The van der Waals surface area contributed by atoms with Gasteiger partial charge in [0.1, 0.15) is 0 Å². The van der Waals surface area contributed by atoms with E-state index >= 15 is 0 Å². The fraction of sp³-hybridized carbons (Fsp3) is 0.840. The van der Waals surface area contributed by atoms with E-state index in [1.807, 2.05) is 12.2 Å². The molecule has 6 heteroatoms. The maximum atomic E-state index is 11.2. The predicted octanol–water partition coefficient (Wildman–Crippen LogP) is 9.04. The molecule has 0 aliphatic heterocycles. The van der Waals surface area contributed by atoms with E-state index in [0.29, 0.717) is 36.3 Å². The van der Waals surface area contributed by atoms with Gasteiger partial charge in [0.15, 0.2) is 0 Å². The van der Waals surface area contributed by atoms with Crippen molar-refractivity contribution >= 4 is 14.8 Å². The van der Waals surface area contributed by atoms with Crippen LogP contribution in [-0.2, 0) is 26.2 Å². The van der Waals surface area contributed by atoms with Crippen LogP contribution < -0.4 is 0 Å². The molecule has 183 valence electrons. The summed E-state index contributed by atoms with van der Waals surface area (Å²) in [5, 5.41) is 12.8. The Morgan fingerprint density at radius 1 is 0.645 bits per heavy atom. The Bertz CT molecular complexity index is 306. The molecule has 0 N–H and O–H groups in total. The van der Waals surface area contributed by atoms with Crippen LogP contribution in [0.1, 0.15) is 89.5 Å². The third-order valence-corrected chi connectivity index (χ3v) is 2.37. The Kier molecular flexibility index (Phi) is 41.5. The van der Waals surface area contributed by atoms with Gasteiger partial charge in [-0.15, -0.1) is 42.7 Å². The van der Waals surface area contributed by atoms with Crippen molar-refractivity contribution in [3.05, 3.63) is 40.3 Å². The van der Waals surface area contributed by atoms with Crippen molar-refractivity contribution < 1.29 is 29.7 Å². The topological polar surface area (TPSA) is 42.3 Å². The number of hydrogen-bond acceptors (Lipinski definition) is 0. The van der Waals surface area contributed by atoms with Crippen LogP contribution in [0.4, 0.5) is 3.50 Å². The Labute approximate surface area is 221 Å². The number of rotatable bonds is 6. The van der Waals surface area contributed by atoms with Gasteiger partial charge in [0.25, 0.3) is 0 Å². The summed E-state index contributed by atoms with van der Waals surface area (Å²) in [6, 6.07) is 3.00. The van der Waals surface area contributed by atoms with Gasteiger partial charge in [-0.2, -0.15) is 6.08 Å². The van der Waals surface area contributed by atoms with E-state index in [2.05, 4.69) is 111 Å². The minimum atomic E-state index is -1.83. The van der Waals surface area contributed by atoms with Crippen molar-refractivity contribution in [2.24, 2.45) is 0 Å². The van der Waals surface area contributed by atoms with Gasteiger partial charge in [0.05, 0.1) is 0 Å². The summed E-state index contributed by atoms with van der Waals surface area (Å²) in [6.07, 6.45) is 10.0. The summed E-state index contributed by atoms with van der Waals surface area (Å²) in [6.45, 7) is 25.2. The zero-order valence-electron chi connectivity index (χ0n) is 23.1. The molecule has 0 aromatic rings. The molecule has 1 rings (SSSR count). The van der Waals surface area contributed by atoms with E-state index in [4.69, 9.17) is 0 Å². The van der Waals surface area contributed by atoms with Crippen LogP contribution >= 0.6 is 0 Å². The van der Waals surface area contributed by atoms with Crippen molar-refractivity contribution in [3.63, 3.8) is 0 Å². The third-order valence-electron chi connectivity index (χ3n) is 2.37. The molecule has 1 aliphatic rings. The first-order valence-corrected chi connectivity index (χ1v) is 16.4. The quantitative estimate of drug-likeness (QED) is 0.223. The molecule has 3 nitrogen and oxygen atoms in total. The molecule has 0 saturated carbocycles. The molecule has 1 aliphatic carbocycles. The summed E-state index contributed by atoms with van der Waals surface area (Å²) < 4.78 is 11.2. The Morgan fingerprint density at radius 3 is 0.903 bits per heavy atom. The van der Waals surface area contributed by atoms with Gasteiger partial charge in [0.2, 0.25) is 0 Å². The summed E-state index contributed by atoms with van der Waals surface area (Å²) in [7, 11) is 0. The minimum Gasteiger partial charge on any atom is 4.00 e. The predicted molar refractivity (Wildman–Crippen MR) is 141 cm³/mol. The number of allylic oxidation sites excluding steroid dienone is 4. The van der Waals surface area contributed by atoms with Gasteiger partial charge < -0.3 is 16.0 Å². The summed E-state index contributed by atoms with van der Waals surface area (Å²) >= 11 is -1.83. The fourth-order valence-corrected chi connectivity index (χ4v) is 2.13. The van der Waals surface area contributed by atoms with Crippen molar-refractivity contribution in [1.29, 1.82) is 0 Å². The standard InChI is InChI=1S/3C6H14N.C5H5.C2H6FGe.Zr/c3*1-5(2)7-6(3)4;1-2-4-5-3-1;1-4(2)3;/h3*5-6H,1-4H3;1-3H,4H2;1-2H3;/q4*-1;;+4. The molecule has 0 saturated heterocycles. The van der Waals surface area contributed by atoms with Gasteiger partial charge in [-0.3, -0.25) is 6.08 Å². The van der Waals surface area contributed by atoms with Crippen LogP contribution in [0.5, 0.6) is 0 Å². The average molecular weight is 579 g/mol. The molecule has 0 fully saturated rings. The summed E-state index contributed by atoms with van der Waals surface area (Å²) in [4.78, 5) is 0. The Balaban J connectivity index is -0.0000000913. The molecule has 0 spiro atoms. The van der Waals surface area contributed by atoms with Crippen LogP contribution in [0.2, 0.25) is 11.5 Å². The van der Waals surface area contributed by atoms with Crippen LogP contribution in [0, 0.1) is 6.08 Å². The first-order valence-electron chi connectivity index (χ1n) is 11.4. The Hall–Kier alpha value is 0.716. The van der Waals surface area contributed by atoms with Gasteiger partial charge in [-0.1, -0.05) is 83.1 Å². The van der Waals surface area contributed by atoms with Crippen molar-refractivity contribution in [3.8, 4) is 0 Å². The number of nitrogens with zero attached hydrogens (tertiary/aromatic N) is 3.